The molecule has 0 amide bonds. The van der Waals surface area contributed by atoms with Crippen molar-refractivity contribution in [1.82, 2.24) is 10.2 Å². The maximum atomic E-state index is 5.87. The SMILES string of the molecule is COc1ccc(-c2nnc(C)o2)cc1COc1ccccc1Br. The van der Waals surface area contributed by atoms with Gasteiger partial charge in [0.25, 0.3) is 0 Å². The molecule has 6 heteroatoms. The molecular weight excluding hydrogens is 360 g/mol. The van der Waals surface area contributed by atoms with Crippen LogP contribution in [0.25, 0.3) is 11.5 Å². The first kappa shape index (κ1) is 15.6. The van der Waals surface area contributed by atoms with Crippen molar-refractivity contribution in [3.8, 4) is 23.0 Å². The van der Waals surface area contributed by atoms with Crippen molar-refractivity contribution in [1.29, 1.82) is 0 Å². The third-order valence-corrected chi connectivity index (χ3v) is 3.93. The number of benzene rings is 2. The van der Waals surface area contributed by atoms with Crippen LogP contribution in [0, 0.1) is 6.92 Å². The number of para-hydroxylation sites is 1. The molecule has 0 aliphatic carbocycles. The number of aromatic nitrogens is 2. The van der Waals surface area contributed by atoms with Crippen molar-refractivity contribution in [3.63, 3.8) is 0 Å². The molecule has 0 unspecified atom stereocenters. The van der Waals surface area contributed by atoms with Crippen LogP contribution in [-0.2, 0) is 6.61 Å². The van der Waals surface area contributed by atoms with E-state index in [2.05, 4.69) is 26.1 Å². The van der Waals surface area contributed by atoms with E-state index in [4.69, 9.17) is 13.9 Å². The van der Waals surface area contributed by atoms with Gasteiger partial charge in [0.2, 0.25) is 11.8 Å². The summed E-state index contributed by atoms with van der Waals surface area (Å²) in [5.41, 5.74) is 1.73. The molecule has 0 saturated heterocycles. The Bertz CT molecular complexity index is 817. The lowest BCUT2D eigenvalue weighted by Crippen LogP contribution is -1.99. The maximum absolute atomic E-state index is 5.87. The van der Waals surface area contributed by atoms with E-state index in [1.165, 1.54) is 0 Å². The monoisotopic (exact) mass is 374 g/mol. The molecule has 0 saturated carbocycles. The Morgan fingerprint density at radius 1 is 1.09 bits per heavy atom. The molecular formula is C17H15BrN2O3. The molecule has 0 spiro atoms. The number of halogens is 1. The molecule has 118 valence electrons. The Balaban J connectivity index is 1.86. The molecule has 1 heterocycles. The van der Waals surface area contributed by atoms with Crippen LogP contribution in [0.1, 0.15) is 11.5 Å². The summed E-state index contributed by atoms with van der Waals surface area (Å²) in [5.74, 6) is 2.53. The molecule has 1 aromatic heterocycles. The smallest absolute Gasteiger partial charge is 0.247 e. The summed E-state index contributed by atoms with van der Waals surface area (Å²) in [7, 11) is 1.63. The minimum Gasteiger partial charge on any atom is -0.496 e. The fourth-order valence-corrected chi connectivity index (χ4v) is 2.55. The van der Waals surface area contributed by atoms with E-state index in [1.807, 2.05) is 42.5 Å². The highest BCUT2D eigenvalue weighted by molar-refractivity contribution is 9.10. The second-order valence-electron chi connectivity index (χ2n) is 4.87. The number of aryl methyl sites for hydroxylation is 1. The zero-order valence-electron chi connectivity index (χ0n) is 12.7. The van der Waals surface area contributed by atoms with Crippen LogP contribution < -0.4 is 9.47 Å². The number of hydrogen-bond acceptors (Lipinski definition) is 5. The molecule has 3 rings (SSSR count). The molecule has 23 heavy (non-hydrogen) atoms. The molecule has 3 aromatic rings. The molecule has 0 aliphatic heterocycles. The molecule has 0 fully saturated rings. The van der Waals surface area contributed by atoms with Gasteiger partial charge in [-0.1, -0.05) is 12.1 Å². The largest absolute Gasteiger partial charge is 0.496 e. The lowest BCUT2D eigenvalue weighted by Gasteiger charge is -2.12. The molecule has 5 nitrogen and oxygen atoms in total. The summed E-state index contributed by atoms with van der Waals surface area (Å²) in [5, 5.41) is 7.89. The summed E-state index contributed by atoms with van der Waals surface area (Å²) < 4.78 is 17.6. The van der Waals surface area contributed by atoms with Crippen molar-refractivity contribution in [2.75, 3.05) is 7.11 Å². The summed E-state index contributed by atoms with van der Waals surface area (Å²) in [6, 6.07) is 13.4. The number of rotatable bonds is 5. The predicted molar refractivity (Wildman–Crippen MR) is 89.5 cm³/mol. The third-order valence-electron chi connectivity index (χ3n) is 3.27. The Morgan fingerprint density at radius 2 is 1.91 bits per heavy atom. The van der Waals surface area contributed by atoms with Gasteiger partial charge in [-0.3, -0.25) is 0 Å². The van der Waals surface area contributed by atoms with Crippen LogP contribution >= 0.6 is 15.9 Å². The quantitative estimate of drug-likeness (QED) is 0.662. The Kier molecular flexibility index (Phi) is 4.62. The first-order valence-corrected chi connectivity index (χ1v) is 7.81. The van der Waals surface area contributed by atoms with E-state index in [1.54, 1.807) is 14.0 Å². The minimum absolute atomic E-state index is 0.368. The summed E-state index contributed by atoms with van der Waals surface area (Å²) in [6.45, 7) is 2.13. The predicted octanol–water partition coefficient (Wildman–Crippen LogP) is 4.40. The Morgan fingerprint density at radius 3 is 2.61 bits per heavy atom. The maximum Gasteiger partial charge on any atom is 0.247 e. The number of methoxy groups -OCH3 is 1. The minimum atomic E-state index is 0.368. The first-order valence-electron chi connectivity index (χ1n) is 7.02. The number of hydrogen-bond donors (Lipinski definition) is 0. The second kappa shape index (κ2) is 6.83. The summed E-state index contributed by atoms with van der Waals surface area (Å²) in [6.07, 6.45) is 0. The summed E-state index contributed by atoms with van der Waals surface area (Å²) >= 11 is 3.47. The summed E-state index contributed by atoms with van der Waals surface area (Å²) in [4.78, 5) is 0. The van der Waals surface area contributed by atoms with E-state index in [9.17, 15) is 0 Å². The van der Waals surface area contributed by atoms with Crippen molar-refractivity contribution in [2.24, 2.45) is 0 Å². The average molecular weight is 375 g/mol. The van der Waals surface area contributed by atoms with Gasteiger partial charge in [-0.05, 0) is 46.3 Å². The van der Waals surface area contributed by atoms with Gasteiger partial charge in [-0.25, -0.2) is 0 Å². The standard InChI is InChI=1S/C17H15BrN2O3/c1-11-19-20-17(23-11)12-7-8-15(21-2)13(9-12)10-22-16-6-4-3-5-14(16)18/h3-9H,10H2,1-2H3. The number of ether oxygens (including phenoxy) is 2. The average Bonchev–Trinajstić information content (AvgIpc) is 3.00. The zero-order chi connectivity index (χ0) is 16.2. The molecule has 0 bridgehead atoms. The highest BCUT2D eigenvalue weighted by Gasteiger charge is 2.11. The normalized spacial score (nSPS) is 10.6. The first-order chi connectivity index (χ1) is 11.2. The van der Waals surface area contributed by atoms with E-state index in [-0.39, 0.29) is 0 Å². The molecule has 2 aromatic carbocycles. The third kappa shape index (κ3) is 3.53. The van der Waals surface area contributed by atoms with Gasteiger partial charge in [0.15, 0.2) is 0 Å². The van der Waals surface area contributed by atoms with Crippen LogP contribution in [0.5, 0.6) is 11.5 Å². The van der Waals surface area contributed by atoms with E-state index < -0.39 is 0 Å². The topological polar surface area (TPSA) is 57.4 Å². The van der Waals surface area contributed by atoms with Crippen LogP contribution in [0.2, 0.25) is 0 Å². The molecule has 0 radical (unpaired) electrons. The van der Waals surface area contributed by atoms with E-state index >= 15 is 0 Å². The van der Waals surface area contributed by atoms with Gasteiger partial charge in [-0.15, -0.1) is 10.2 Å². The fourth-order valence-electron chi connectivity index (χ4n) is 2.15. The number of nitrogens with zero attached hydrogens (tertiary/aromatic N) is 2. The molecule has 0 N–H and O–H groups in total. The zero-order valence-corrected chi connectivity index (χ0v) is 14.3. The van der Waals surface area contributed by atoms with Crippen LogP contribution in [0.3, 0.4) is 0 Å². The van der Waals surface area contributed by atoms with Gasteiger partial charge in [0, 0.05) is 18.1 Å². The van der Waals surface area contributed by atoms with Crippen molar-refractivity contribution >= 4 is 15.9 Å². The van der Waals surface area contributed by atoms with Crippen molar-refractivity contribution < 1.29 is 13.9 Å². The van der Waals surface area contributed by atoms with Gasteiger partial charge in [-0.2, -0.15) is 0 Å². The van der Waals surface area contributed by atoms with Crippen LogP contribution in [0.15, 0.2) is 51.4 Å². The Hall–Kier alpha value is -2.34. The highest BCUT2D eigenvalue weighted by Crippen LogP contribution is 2.29. The second-order valence-corrected chi connectivity index (χ2v) is 5.73. The Labute approximate surface area is 142 Å². The van der Waals surface area contributed by atoms with Gasteiger partial charge >= 0.3 is 0 Å². The highest BCUT2D eigenvalue weighted by atomic mass is 79.9. The fraction of sp³-hybridized carbons (Fsp3) is 0.176. The lowest BCUT2D eigenvalue weighted by molar-refractivity contribution is 0.295. The van der Waals surface area contributed by atoms with Gasteiger partial charge in [0.1, 0.15) is 18.1 Å². The van der Waals surface area contributed by atoms with Crippen LogP contribution in [0.4, 0.5) is 0 Å². The van der Waals surface area contributed by atoms with E-state index in [0.717, 1.165) is 27.1 Å². The van der Waals surface area contributed by atoms with Gasteiger partial charge < -0.3 is 13.9 Å². The van der Waals surface area contributed by atoms with Crippen molar-refractivity contribution in [3.05, 3.63) is 58.4 Å². The molecule has 0 atom stereocenters. The van der Waals surface area contributed by atoms with E-state index in [0.29, 0.717) is 18.4 Å². The van der Waals surface area contributed by atoms with Crippen molar-refractivity contribution in [2.45, 2.75) is 13.5 Å². The van der Waals surface area contributed by atoms with Gasteiger partial charge in [0.05, 0.1) is 11.6 Å². The lowest BCUT2D eigenvalue weighted by atomic mass is 10.1. The van der Waals surface area contributed by atoms with Crippen LogP contribution in [-0.4, -0.2) is 17.3 Å². The molecule has 0 aliphatic rings.